The lowest BCUT2D eigenvalue weighted by Gasteiger charge is -2.46. The summed E-state index contributed by atoms with van der Waals surface area (Å²) in [4.78, 5) is 9.08. The molecule has 0 spiro atoms. The quantitative estimate of drug-likeness (QED) is 0.241. The van der Waals surface area contributed by atoms with Crippen LogP contribution in [0.25, 0.3) is 0 Å². The second-order valence-electron chi connectivity index (χ2n) is 5.35. The number of hydrogen-bond acceptors (Lipinski definition) is 4. The average molecular weight is 257 g/mol. The number of likely N-dealkylation sites (N-methyl/N-ethyl adjacent to an activating group) is 1. The van der Waals surface area contributed by atoms with Crippen LogP contribution in [0.1, 0.15) is 20.3 Å². The fourth-order valence-electron chi connectivity index (χ4n) is 2.05. The zero-order valence-corrected chi connectivity index (χ0v) is 12.1. The van der Waals surface area contributed by atoms with Crippen LogP contribution in [0.15, 0.2) is 4.99 Å². The molecule has 1 saturated heterocycles. The molecule has 0 bridgehead atoms. The summed E-state index contributed by atoms with van der Waals surface area (Å²) in [5.41, 5.74) is 2.86. The van der Waals surface area contributed by atoms with E-state index in [1.807, 2.05) is 0 Å². The van der Waals surface area contributed by atoms with E-state index in [0.717, 1.165) is 45.2 Å². The summed E-state index contributed by atoms with van der Waals surface area (Å²) >= 11 is 0. The van der Waals surface area contributed by atoms with E-state index < -0.39 is 0 Å². The number of nitrogens with two attached hydrogens (primary N) is 1. The van der Waals surface area contributed by atoms with Crippen LogP contribution in [-0.2, 0) is 4.74 Å². The smallest absolute Gasteiger partial charge is 0.208 e. The molecule has 1 heterocycles. The standard InChI is InChI=1S/C12H27N5O/c1-12(2)10-17(8-7-16(12)3)11(15-13)14-6-5-9-18-4/h5-10,13H2,1-4H3,(H,14,15). The molecule has 1 rings (SSSR count). The summed E-state index contributed by atoms with van der Waals surface area (Å²) in [5.74, 6) is 6.36. The van der Waals surface area contributed by atoms with Crippen LogP contribution in [0.5, 0.6) is 0 Å². The molecule has 0 atom stereocenters. The van der Waals surface area contributed by atoms with E-state index in [2.05, 4.69) is 41.1 Å². The molecule has 1 aliphatic heterocycles. The van der Waals surface area contributed by atoms with Crippen molar-refractivity contribution in [1.29, 1.82) is 0 Å². The summed E-state index contributed by atoms with van der Waals surface area (Å²) in [6, 6.07) is 0. The monoisotopic (exact) mass is 257 g/mol. The molecule has 0 unspecified atom stereocenters. The summed E-state index contributed by atoms with van der Waals surface area (Å²) in [6.45, 7) is 8.84. The SMILES string of the molecule is COCCCN=C(NN)N1CCN(C)C(C)(C)C1. The van der Waals surface area contributed by atoms with Gasteiger partial charge in [-0.3, -0.25) is 15.3 Å². The van der Waals surface area contributed by atoms with Crippen molar-refractivity contribution in [3.05, 3.63) is 0 Å². The molecule has 1 aliphatic rings. The molecule has 0 aromatic rings. The Balaban J connectivity index is 2.55. The van der Waals surface area contributed by atoms with E-state index in [-0.39, 0.29) is 5.54 Å². The maximum absolute atomic E-state index is 5.57. The van der Waals surface area contributed by atoms with E-state index in [4.69, 9.17) is 10.6 Å². The molecular weight excluding hydrogens is 230 g/mol. The predicted molar refractivity (Wildman–Crippen MR) is 74.4 cm³/mol. The van der Waals surface area contributed by atoms with Gasteiger partial charge in [0.1, 0.15) is 0 Å². The third kappa shape index (κ3) is 4.12. The Morgan fingerprint density at radius 3 is 2.72 bits per heavy atom. The van der Waals surface area contributed by atoms with Gasteiger partial charge in [0.15, 0.2) is 0 Å². The zero-order valence-electron chi connectivity index (χ0n) is 12.1. The van der Waals surface area contributed by atoms with Crippen molar-refractivity contribution >= 4 is 5.96 Å². The van der Waals surface area contributed by atoms with Crippen LogP contribution in [0.3, 0.4) is 0 Å². The van der Waals surface area contributed by atoms with E-state index in [9.17, 15) is 0 Å². The Labute approximate surface area is 110 Å². The average Bonchev–Trinajstić information content (AvgIpc) is 2.33. The normalized spacial score (nSPS) is 21.2. The summed E-state index contributed by atoms with van der Waals surface area (Å²) in [6.07, 6.45) is 0.915. The van der Waals surface area contributed by atoms with E-state index in [1.54, 1.807) is 7.11 Å². The molecule has 6 heteroatoms. The first-order valence-electron chi connectivity index (χ1n) is 6.47. The molecule has 6 nitrogen and oxygen atoms in total. The highest BCUT2D eigenvalue weighted by atomic mass is 16.5. The molecule has 106 valence electrons. The number of hydrazine groups is 1. The van der Waals surface area contributed by atoms with Gasteiger partial charge in [0.05, 0.1) is 0 Å². The van der Waals surface area contributed by atoms with Crippen LogP contribution in [0.4, 0.5) is 0 Å². The molecule has 0 saturated carbocycles. The molecule has 0 aromatic carbocycles. The minimum absolute atomic E-state index is 0.141. The van der Waals surface area contributed by atoms with Gasteiger partial charge in [0.25, 0.3) is 0 Å². The lowest BCUT2D eigenvalue weighted by Crippen LogP contribution is -2.61. The summed E-state index contributed by atoms with van der Waals surface area (Å²) in [5, 5.41) is 0. The van der Waals surface area contributed by atoms with Crippen molar-refractivity contribution < 1.29 is 4.74 Å². The van der Waals surface area contributed by atoms with E-state index >= 15 is 0 Å². The molecule has 18 heavy (non-hydrogen) atoms. The van der Waals surface area contributed by atoms with Crippen LogP contribution >= 0.6 is 0 Å². The van der Waals surface area contributed by atoms with Crippen LogP contribution < -0.4 is 11.3 Å². The van der Waals surface area contributed by atoms with Crippen LogP contribution in [-0.4, -0.2) is 68.2 Å². The maximum atomic E-state index is 5.57. The number of nitrogens with one attached hydrogen (secondary N) is 1. The number of nitrogens with zero attached hydrogens (tertiary/aromatic N) is 3. The van der Waals surface area contributed by atoms with Crippen molar-refractivity contribution in [3.63, 3.8) is 0 Å². The first-order chi connectivity index (χ1) is 8.51. The highest BCUT2D eigenvalue weighted by molar-refractivity contribution is 5.79. The third-order valence-corrected chi connectivity index (χ3v) is 3.51. The Morgan fingerprint density at radius 1 is 1.44 bits per heavy atom. The van der Waals surface area contributed by atoms with Crippen molar-refractivity contribution in [2.24, 2.45) is 10.8 Å². The van der Waals surface area contributed by atoms with Crippen LogP contribution in [0, 0.1) is 0 Å². The van der Waals surface area contributed by atoms with Gasteiger partial charge in [-0.25, -0.2) is 5.84 Å². The Hall–Kier alpha value is -0.850. The van der Waals surface area contributed by atoms with Crippen molar-refractivity contribution in [1.82, 2.24) is 15.2 Å². The number of ether oxygens (including phenoxy) is 1. The van der Waals surface area contributed by atoms with Gasteiger partial charge in [-0.05, 0) is 27.3 Å². The second-order valence-corrected chi connectivity index (χ2v) is 5.35. The van der Waals surface area contributed by atoms with Crippen molar-refractivity contribution in [2.45, 2.75) is 25.8 Å². The van der Waals surface area contributed by atoms with Gasteiger partial charge in [-0.2, -0.15) is 0 Å². The fraction of sp³-hybridized carbons (Fsp3) is 0.917. The lowest BCUT2D eigenvalue weighted by atomic mass is 10.00. The maximum Gasteiger partial charge on any atom is 0.208 e. The molecule has 0 aliphatic carbocycles. The number of piperazine rings is 1. The van der Waals surface area contributed by atoms with Gasteiger partial charge < -0.3 is 9.64 Å². The zero-order chi connectivity index (χ0) is 13.6. The number of aliphatic imine (C=N–C) groups is 1. The molecule has 0 aromatic heterocycles. The van der Waals surface area contributed by atoms with E-state index in [1.165, 1.54) is 0 Å². The fourth-order valence-corrected chi connectivity index (χ4v) is 2.05. The minimum Gasteiger partial charge on any atom is -0.385 e. The largest absolute Gasteiger partial charge is 0.385 e. The Morgan fingerprint density at radius 2 is 2.17 bits per heavy atom. The highest BCUT2D eigenvalue weighted by Gasteiger charge is 2.32. The van der Waals surface area contributed by atoms with Crippen LogP contribution in [0.2, 0.25) is 0 Å². The van der Waals surface area contributed by atoms with Gasteiger partial charge in [0.2, 0.25) is 5.96 Å². The molecule has 0 amide bonds. The molecule has 3 N–H and O–H groups in total. The molecule has 0 radical (unpaired) electrons. The summed E-state index contributed by atoms with van der Waals surface area (Å²) < 4.78 is 5.01. The van der Waals surface area contributed by atoms with E-state index in [0.29, 0.717) is 0 Å². The first-order valence-corrected chi connectivity index (χ1v) is 6.47. The predicted octanol–water partition coefficient (Wildman–Crippen LogP) is -0.132. The number of guanidine groups is 1. The second kappa shape index (κ2) is 6.92. The van der Waals surface area contributed by atoms with Crippen molar-refractivity contribution in [2.75, 3.05) is 46.9 Å². The molecular formula is C12H27N5O. The first kappa shape index (κ1) is 15.2. The minimum atomic E-state index is 0.141. The van der Waals surface area contributed by atoms with Crippen molar-refractivity contribution in [3.8, 4) is 0 Å². The van der Waals surface area contributed by atoms with Gasteiger partial charge in [-0.1, -0.05) is 0 Å². The Kier molecular flexibility index (Phi) is 5.84. The summed E-state index contributed by atoms with van der Waals surface area (Å²) in [7, 11) is 3.86. The van der Waals surface area contributed by atoms with Gasteiger partial charge in [0, 0.05) is 45.4 Å². The number of hydrogen-bond donors (Lipinski definition) is 2. The number of rotatable bonds is 4. The lowest BCUT2D eigenvalue weighted by molar-refractivity contribution is 0.0725. The highest BCUT2D eigenvalue weighted by Crippen LogP contribution is 2.18. The molecule has 1 fully saturated rings. The third-order valence-electron chi connectivity index (χ3n) is 3.51. The van der Waals surface area contributed by atoms with Gasteiger partial charge in [-0.15, -0.1) is 0 Å². The van der Waals surface area contributed by atoms with Gasteiger partial charge >= 0.3 is 0 Å². The topological polar surface area (TPSA) is 66.1 Å². The Bertz CT molecular complexity index is 280. The number of methoxy groups -OCH3 is 1.